The first-order valence-corrected chi connectivity index (χ1v) is 7.04. The van der Waals surface area contributed by atoms with E-state index in [1.165, 1.54) is 20.0 Å². The van der Waals surface area contributed by atoms with Crippen LogP contribution in [0.1, 0.15) is 26.2 Å². The van der Waals surface area contributed by atoms with E-state index in [1.807, 2.05) is 14.0 Å². The number of nitrogens with one attached hydrogen (secondary N) is 1. The Morgan fingerprint density at radius 3 is 2.47 bits per heavy atom. The van der Waals surface area contributed by atoms with Crippen molar-refractivity contribution in [1.82, 2.24) is 10.2 Å². The van der Waals surface area contributed by atoms with Crippen LogP contribution in [0.25, 0.3) is 0 Å². The number of methoxy groups -OCH3 is 2. The van der Waals surface area contributed by atoms with E-state index < -0.39 is 5.54 Å². The van der Waals surface area contributed by atoms with Gasteiger partial charge in [0.1, 0.15) is 5.54 Å². The van der Waals surface area contributed by atoms with Crippen molar-refractivity contribution in [3.8, 4) is 0 Å². The van der Waals surface area contributed by atoms with Gasteiger partial charge in [0, 0.05) is 20.3 Å². The zero-order valence-electron chi connectivity index (χ0n) is 12.7. The highest BCUT2D eigenvalue weighted by Crippen LogP contribution is 2.19. The third-order valence-corrected chi connectivity index (χ3v) is 4.23. The van der Waals surface area contributed by atoms with E-state index in [0.29, 0.717) is 5.92 Å². The molecule has 1 heterocycles. The summed E-state index contributed by atoms with van der Waals surface area (Å²) in [5.74, 6) is 0.502. The normalized spacial score (nSPS) is 21.1. The van der Waals surface area contributed by atoms with Crippen LogP contribution in [-0.4, -0.2) is 63.9 Å². The number of carbonyl (C=O) groups excluding carboxylic acids is 1. The van der Waals surface area contributed by atoms with Gasteiger partial charge in [0.05, 0.1) is 7.11 Å². The van der Waals surface area contributed by atoms with E-state index in [0.717, 1.165) is 32.7 Å². The van der Waals surface area contributed by atoms with Gasteiger partial charge in [0.25, 0.3) is 0 Å². The van der Waals surface area contributed by atoms with Crippen molar-refractivity contribution in [2.45, 2.75) is 31.7 Å². The Morgan fingerprint density at radius 2 is 2.00 bits per heavy atom. The van der Waals surface area contributed by atoms with E-state index in [9.17, 15) is 4.79 Å². The first-order valence-electron chi connectivity index (χ1n) is 7.04. The van der Waals surface area contributed by atoms with Crippen molar-refractivity contribution in [2.24, 2.45) is 5.92 Å². The first kappa shape index (κ1) is 16.4. The third-order valence-electron chi connectivity index (χ3n) is 4.23. The number of esters is 1. The molecule has 1 N–H and O–H groups in total. The highest BCUT2D eigenvalue weighted by molar-refractivity contribution is 5.80. The molecule has 0 amide bonds. The van der Waals surface area contributed by atoms with Gasteiger partial charge < -0.3 is 19.7 Å². The Hall–Kier alpha value is -0.650. The maximum atomic E-state index is 11.8. The number of likely N-dealkylation sites (tertiary alicyclic amines) is 1. The Labute approximate surface area is 116 Å². The molecular weight excluding hydrogens is 244 g/mol. The standard InChI is InChI=1S/C14H28N2O3/c1-14(15-2,13(17)19-4)7-10-16-8-5-12(6-9-16)11-18-3/h12,15H,5-11H2,1-4H3. The minimum Gasteiger partial charge on any atom is -0.468 e. The van der Waals surface area contributed by atoms with Crippen LogP contribution >= 0.6 is 0 Å². The minimum absolute atomic E-state index is 0.190. The first-order chi connectivity index (χ1) is 9.05. The largest absolute Gasteiger partial charge is 0.468 e. The van der Waals surface area contributed by atoms with Crippen LogP contribution in [0.3, 0.4) is 0 Å². The van der Waals surface area contributed by atoms with Gasteiger partial charge in [-0.25, -0.2) is 0 Å². The number of hydrogen-bond donors (Lipinski definition) is 1. The van der Waals surface area contributed by atoms with Crippen LogP contribution in [0.4, 0.5) is 0 Å². The molecule has 0 spiro atoms. The molecule has 0 aliphatic carbocycles. The third kappa shape index (κ3) is 4.75. The number of nitrogens with zero attached hydrogens (tertiary/aromatic N) is 1. The van der Waals surface area contributed by atoms with E-state index in [-0.39, 0.29) is 5.97 Å². The fourth-order valence-corrected chi connectivity index (χ4v) is 2.55. The molecule has 1 aliphatic heterocycles. The van der Waals surface area contributed by atoms with E-state index in [1.54, 1.807) is 7.11 Å². The van der Waals surface area contributed by atoms with Crippen molar-refractivity contribution >= 4 is 5.97 Å². The van der Waals surface area contributed by atoms with E-state index in [2.05, 4.69) is 10.2 Å². The van der Waals surface area contributed by atoms with Gasteiger partial charge in [-0.2, -0.15) is 0 Å². The summed E-state index contributed by atoms with van der Waals surface area (Å²) in [6, 6.07) is 0. The molecule has 0 radical (unpaired) electrons. The van der Waals surface area contributed by atoms with Crippen LogP contribution in [0.2, 0.25) is 0 Å². The maximum absolute atomic E-state index is 11.8. The molecule has 5 heteroatoms. The second-order valence-electron chi connectivity index (χ2n) is 5.56. The number of likely N-dealkylation sites (N-methyl/N-ethyl adjacent to an activating group) is 1. The number of ether oxygens (including phenoxy) is 2. The van der Waals surface area contributed by atoms with Gasteiger partial charge in [-0.3, -0.25) is 4.79 Å². The predicted molar refractivity (Wildman–Crippen MR) is 75.1 cm³/mol. The summed E-state index contributed by atoms with van der Waals surface area (Å²) in [6.07, 6.45) is 3.13. The summed E-state index contributed by atoms with van der Waals surface area (Å²) in [5.41, 5.74) is -0.585. The van der Waals surface area contributed by atoms with Crippen molar-refractivity contribution in [2.75, 3.05) is 47.5 Å². The molecule has 5 nitrogen and oxygen atoms in total. The molecule has 1 saturated heterocycles. The van der Waals surface area contributed by atoms with Crippen molar-refractivity contribution in [3.63, 3.8) is 0 Å². The minimum atomic E-state index is -0.585. The Kier molecular flexibility index (Phi) is 6.75. The predicted octanol–water partition coefficient (Wildman–Crippen LogP) is 0.886. The quantitative estimate of drug-likeness (QED) is 0.697. The molecule has 1 rings (SSSR count). The summed E-state index contributed by atoms with van der Waals surface area (Å²) < 4.78 is 10.1. The summed E-state index contributed by atoms with van der Waals surface area (Å²) in [4.78, 5) is 14.2. The molecule has 0 bridgehead atoms. The molecule has 0 saturated carbocycles. The number of carbonyl (C=O) groups is 1. The second-order valence-corrected chi connectivity index (χ2v) is 5.56. The Morgan fingerprint density at radius 1 is 1.37 bits per heavy atom. The molecule has 112 valence electrons. The summed E-state index contributed by atoms with van der Waals surface area (Å²) >= 11 is 0. The van der Waals surface area contributed by atoms with Gasteiger partial charge in [-0.05, 0) is 52.2 Å². The molecular formula is C14H28N2O3. The zero-order valence-corrected chi connectivity index (χ0v) is 12.7. The number of piperidine rings is 1. The lowest BCUT2D eigenvalue weighted by atomic mass is 9.95. The van der Waals surface area contributed by atoms with Crippen LogP contribution in [-0.2, 0) is 14.3 Å². The number of rotatable bonds is 7. The molecule has 1 atom stereocenters. The molecule has 1 fully saturated rings. The van der Waals surface area contributed by atoms with Gasteiger partial charge in [0.2, 0.25) is 0 Å². The summed E-state index contributed by atoms with van der Waals surface area (Å²) in [5, 5.41) is 3.08. The molecule has 1 aliphatic rings. The fourth-order valence-electron chi connectivity index (χ4n) is 2.55. The Balaban J connectivity index is 2.35. The van der Waals surface area contributed by atoms with Crippen molar-refractivity contribution < 1.29 is 14.3 Å². The van der Waals surface area contributed by atoms with Gasteiger partial charge in [-0.1, -0.05) is 0 Å². The smallest absolute Gasteiger partial charge is 0.325 e. The van der Waals surface area contributed by atoms with Crippen LogP contribution in [0.5, 0.6) is 0 Å². The fraction of sp³-hybridized carbons (Fsp3) is 0.929. The maximum Gasteiger partial charge on any atom is 0.325 e. The van der Waals surface area contributed by atoms with Crippen molar-refractivity contribution in [3.05, 3.63) is 0 Å². The highest BCUT2D eigenvalue weighted by Gasteiger charge is 2.33. The monoisotopic (exact) mass is 272 g/mol. The van der Waals surface area contributed by atoms with Crippen LogP contribution in [0.15, 0.2) is 0 Å². The second kappa shape index (κ2) is 7.82. The summed E-state index contributed by atoms with van der Waals surface area (Å²) in [7, 11) is 5.01. The summed E-state index contributed by atoms with van der Waals surface area (Å²) in [6.45, 7) is 5.87. The van der Waals surface area contributed by atoms with Gasteiger partial charge in [0.15, 0.2) is 0 Å². The average Bonchev–Trinajstić information content (AvgIpc) is 2.45. The molecule has 0 aromatic heterocycles. The van der Waals surface area contributed by atoms with Gasteiger partial charge >= 0.3 is 5.97 Å². The van der Waals surface area contributed by atoms with E-state index in [4.69, 9.17) is 9.47 Å². The van der Waals surface area contributed by atoms with Crippen LogP contribution in [0, 0.1) is 5.92 Å². The highest BCUT2D eigenvalue weighted by atomic mass is 16.5. The number of hydrogen-bond acceptors (Lipinski definition) is 5. The van der Waals surface area contributed by atoms with Crippen molar-refractivity contribution in [1.29, 1.82) is 0 Å². The lowest BCUT2D eigenvalue weighted by molar-refractivity contribution is -0.148. The lowest BCUT2D eigenvalue weighted by Gasteiger charge is -2.34. The van der Waals surface area contributed by atoms with E-state index >= 15 is 0 Å². The Bertz CT molecular complexity index is 278. The lowest BCUT2D eigenvalue weighted by Crippen LogP contribution is -2.51. The molecule has 1 unspecified atom stereocenters. The molecule has 0 aromatic carbocycles. The zero-order chi connectivity index (χ0) is 14.3. The molecule has 0 aromatic rings. The SMILES string of the molecule is CNC(C)(CCN1CCC(COC)CC1)C(=O)OC. The van der Waals surface area contributed by atoms with Crippen LogP contribution < -0.4 is 5.32 Å². The van der Waals surface area contributed by atoms with Gasteiger partial charge in [-0.15, -0.1) is 0 Å². The molecule has 19 heavy (non-hydrogen) atoms. The topological polar surface area (TPSA) is 50.8 Å². The average molecular weight is 272 g/mol.